The van der Waals surface area contributed by atoms with E-state index in [0.717, 1.165) is 11.5 Å². The molecule has 0 spiro atoms. The van der Waals surface area contributed by atoms with Gasteiger partial charge in [0.05, 0.1) is 16.7 Å². The summed E-state index contributed by atoms with van der Waals surface area (Å²) in [6.07, 6.45) is 0. The largest absolute Gasteiger partial charge is 0.495 e. The summed E-state index contributed by atoms with van der Waals surface area (Å²) in [5.41, 5.74) is 0.878. The minimum Gasteiger partial charge on any atom is -0.399 e. The minimum atomic E-state index is -0.595. The second kappa shape index (κ2) is 5.71. The Balaban J connectivity index is 2.15. The number of fused-ring (bicyclic) bond motifs is 1. The summed E-state index contributed by atoms with van der Waals surface area (Å²) in [4.78, 5) is 6.39. The molecular weight excluding hydrogens is 320 g/mol. The van der Waals surface area contributed by atoms with E-state index in [1.807, 2.05) is 57.3 Å². The molecule has 0 saturated carbocycles. The number of hydrogen-bond donors (Lipinski definition) is 0. The summed E-state index contributed by atoms with van der Waals surface area (Å²) < 4.78 is 29.0. The molecule has 1 aromatic heterocycles. The van der Waals surface area contributed by atoms with Gasteiger partial charge in [0, 0.05) is 20.1 Å². The van der Waals surface area contributed by atoms with Crippen molar-refractivity contribution in [2.75, 3.05) is 19.0 Å². The van der Waals surface area contributed by atoms with Crippen LogP contribution in [0, 0.1) is 5.82 Å². The Labute approximate surface area is 149 Å². The molecule has 1 aliphatic heterocycles. The molecule has 1 aliphatic rings. The van der Waals surface area contributed by atoms with Crippen molar-refractivity contribution in [1.29, 1.82) is 0 Å². The predicted molar refractivity (Wildman–Crippen MR) is 100 cm³/mol. The van der Waals surface area contributed by atoms with Gasteiger partial charge in [-0.3, -0.25) is 0 Å². The molecule has 1 fully saturated rings. The average molecular weight is 347 g/mol. The number of imidazole rings is 1. The third-order valence-electron chi connectivity index (χ3n) is 5.19. The summed E-state index contributed by atoms with van der Waals surface area (Å²) in [5.74, 6) is 0.375. The molecule has 0 bridgehead atoms. The molecule has 1 saturated heterocycles. The van der Waals surface area contributed by atoms with E-state index in [0.29, 0.717) is 11.0 Å². The first-order valence-electron chi connectivity index (χ1n) is 8.69. The lowest BCUT2D eigenvalue weighted by atomic mass is 9.79. The summed E-state index contributed by atoms with van der Waals surface area (Å²) in [5, 5.41) is 0. The highest BCUT2D eigenvalue weighted by Crippen LogP contribution is 2.37. The first-order valence-corrected chi connectivity index (χ1v) is 8.69. The van der Waals surface area contributed by atoms with Gasteiger partial charge in [0.1, 0.15) is 5.52 Å². The second-order valence-corrected chi connectivity index (χ2v) is 8.23. The van der Waals surface area contributed by atoms with Crippen molar-refractivity contribution in [2.24, 2.45) is 0 Å². The maximum atomic E-state index is 14.8. The van der Waals surface area contributed by atoms with Crippen molar-refractivity contribution in [1.82, 2.24) is 9.55 Å². The predicted octanol–water partition coefficient (Wildman–Crippen LogP) is 3.12. The molecule has 0 unspecified atom stereocenters. The smallest absolute Gasteiger partial charge is 0.399 e. The zero-order valence-corrected chi connectivity index (χ0v) is 16.3. The number of benzene rings is 1. The summed E-state index contributed by atoms with van der Waals surface area (Å²) in [6.45, 7) is 12.1. The number of hydrogen-bond acceptors (Lipinski definition) is 4. The third kappa shape index (κ3) is 2.83. The molecular formula is C18H27BFN3O2. The van der Waals surface area contributed by atoms with Crippen LogP contribution in [0.2, 0.25) is 0 Å². The van der Waals surface area contributed by atoms with E-state index < -0.39 is 18.3 Å². The van der Waals surface area contributed by atoms with E-state index in [4.69, 9.17) is 9.31 Å². The first kappa shape index (κ1) is 18.2. The van der Waals surface area contributed by atoms with Gasteiger partial charge in [-0.25, -0.2) is 9.37 Å². The number of anilines is 1. The highest BCUT2D eigenvalue weighted by atomic mass is 19.1. The molecule has 1 aromatic carbocycles. The fraction of sp³-hybridized carbons (Fsp3) is 0.611. The van der Waals surface area contributed by atoms with Crippen LogP contribution in [0.5, 0.6) is 0 Å². The first-order chi connectivity index (χ1) is 11.4. The Morgan fingerprint density at radius 2 is 1.68 bits per heavy atom. The lowest BCUT2D eigenvalue weighted by molar-refractivity contribution is 0.00578. The Morgan fingerprint density at radius 3 is 2.16 bits per heavy atom. The number of aromatic nitrogens is 2. The lowest BCUT2D eigenvalue weighted by Crippen LogP contribution is -2.41. The van der Waals surface area contributed by atoms with Crippen LogP contribution in [0.15, 0.2) is 12.1 Å². The molecule has 136 valence electrons. The SMILES string of the molecule is CC(C)n1c(N(C)C)nc2c(F)cc(B3OC(C)(C)C(C)(C)O3)cc21. The van der Waals surface area contributed by atoms with Gasteiger partial charge in [-0.1, -0.05) is 0 Å². The number of halogens is 1. The summed E-state index contributed by atoms with van der Waals surface area (Å²) in [7, 11) is 3.22. The molecule has 5 nitrogen and oxygen atoms in total. The molecule has 0 amide bonds. The second-order valence-electron chi connectivity index (χ2n) is 8.23. The van der Waals surface area contributed by atoms with Crippen molar-refractivity contribution < 1.29 is 13.7 Å². The minimum absolute atomic E-state index is 0.148. The van der Waals surface area contributed by atoms with Gasteiger partial charge < -0.3 is 18.8 Å². The van der Waals surface area contributed by atoms with Crippen molar-refractivity contribution in [2.45, 2.75) is 58.8 Å². The van der Waals surface area contributed by atoms with Crippen LogP contribution in [-0.4, -0.2) is 42.0 Å². The van der Waals surface area contributed by atoms with Gasteiger partial charge in [0.15, 0.2) is 5.82 Å². The van der Waals surface area contributed by atoms with Crippen molar-refractivity contribution in [3.8, 4) is 0 Å². The van der Waals surface area contributed by atoms with Crippen LogP contribution in [-0.2, 0) is 9.31 Å². The van der Waals surface area contributed by atoms with Gasteiger partial charge in [0.2, 0.25) is 5.95 Å². The molecule has 0 N–H and O–H groups in total. The summed E-state index contributed by atoms with van der Waals surface area (Å²) in [6, 6.07) is 3.55. The Bertz CT molecular complexity index is 798. The number of nitrogens with zero attached hydrogens (tertiary/aromatic N) is 3. The van der Waals surface area contributed by atoms with Crippen LogP contribution in [0.3, 0.4) is 0 Å². The van der Waals surface area contributed by atoms with Crippen LogP contribution >= 0.6 is 0 Å². The average Bonchev–Trinajstić information content (AvgIpc) is 2.95. The van der Waals surface area contributed by atoms with Gasteiger partial charge in [-0.2, -0.15) is 0 Å². The van der Waals surface area contributed by atoms with Crippen molar-refractivity contribution >= 4 is 29.6 Å². The molecule has 2 aromatic rings. The molecule has 0 aliphatic carbocycles. The van der Waals surface area contributed by atoms with Crippen molar-refractivity contribution in [3.05, 3.63) is 17.9 Å². The lowest BCUT2D eigenvalue weighted by Gasteiger charge is -2.32. The highest BCUT2D eigenvalue weighted by Gasteiger charge is 2.52. The summed E-state index contributed by atoms with van der Waals surface area (Å²) >= 11 is 0. The van der Waals surface area contributed by atoms with E-state index in [1.54, 1.807) is 0 Å². The van der Waals surface area contributed by atoms with E-state index in [1.165, 1.54) is 6.07 Å². The van der Waals surface area contributed by atoms with E-state index in [9.17, 15) is 4.39 Å². The van der Waals surface area contributed by atoms with E-state index >= 15 is 0 Å². The van der Waals surface area contributed by atoms with Crippen LogP contribution in [0.1, 0.15) is 47.6 Å². The van der Waals surface area contributed by atoms with E-state index in [-0.39, 0.29) is 11.9 Å². The zero-order valence-electron chi connectivity index (χ0n) is 16.3. The molecule has 3 rings (SSSR count). The van der Waals surface area contributed by atoms with Gasteiger partial charge >= 0.3 is 7.12 Å². The molecule has 7 heteroatoms. The van der Waals surface area contributed by atoms with Crippen molar-refractivity contribution in [3.63, 3.8) is 0 Å². The third-order valence-corrected chi connectivity index (χ3v) is 5.19. The van der Waals surface area contributed by atoms with Crippen LogP contribution in [0.4, 0.5) is 10.3 Å². The molecule has 0 atom stereocenters. The number of rotatable bonds is 3. The molecule has 0 radical (unpaired) electrons. The highest BCUT2D eigenvalue weighted by molar-refractivity contribution is 6.62. The topological polar surface area (TPSA) is 39.5 Å². The Kier molecular flexibility index (Phi) is 4.16. The fourth-order valence-electron chi connectivity index (χ4n) is 3.10. The maximum Gasteiger partial charge on any atom is 0.495 e. The van der Waals surface area contributed by atoms with Gasteiger partial charge in [-0.05, 0) is 59.1 Å². The Morgan fingerprint density at radius 1 is 1.12 bits per heavy atom. The zero-order chi connectivity index (χ0) is 18.7. The van der Waals surface area contributed by atoms with Crippen LogP contribution in [0.25, 0.3) is 11.0 Å². The standard InChI is InChI=1S/C18H27BFN3O2/c1-11(2)23-14-10-12(19-24-17(3,4)18(5,6)25-19)9-13(20)15(14)21-16(23)22(7)8/h9-11H,1-8H3. The maximum absolute atomic E-state index is 14.8. The Hall–Kier alpha value is -1.60. The van der Waals surface area contributed by atoms with Crippen LogP contribution < -0.4 is 10.4 Å². The normalized spacial score (nSPS) is 19.2. The van der Waals surface area contributed by atoms with Gasteiger partial charge in [-0.15, -0.1) is 0 Å². The van der Waals surface area contributed by atoms with E-state index in [2.05, 4.69) is 18.8 Å². The molecule has 25 heavy (non-hydrogen) atoms. The monoisotopic (exact) mass is 347 g/mol. The fourth-order valence-corrected chi connectivity index (χ4v) is 3.10. The molecule has 2 heterocycles. The van der Waals surface area contributed by atoms with Gasteiger partial charge in [0.25, 0.3) is 0 Å². The quantitative estimate of drug-likeness (QED) is 0.800.